The third-order valence-corrected chi connectivity index (χ3v) is 8.08. The van der Waals surface area contributed by atoms with E-state index in [4.69, 9.17) is 9.22 Å². The van der Waals surface area contributed by atoms with Crippen molar-refractivity contribution in [1.82, 2.24) is 10.3 Å². The highest BCUT2D eigenvalue weighted by atomic mass is 32.2. The Hall–Kier alpha value is -2.28. The molecule has 0 aliphatic heterocycles. The van der Waals surface area contributed by atoms with Crippen LogP contribution < -0.4 is 10.6 Å². The van der Waals surface area contributed by atoms with Crippen LogP contribution in [0, 0.1) is 11.8 Å². The number of nitrogens with zero attached hydrogens (tertiary/aromatic N) is 1. The van der Waals surface area contributed by atoms with Crippen molar-refractivity contribution >= 4 is 26.9 Å². The van der Waals surface area contributed by atoms with Crippen molar-refractivity contribution in [2.45, 2.75) is 62.5 Å². The van der Waals surface area contributed by atoms with Crippen LogP contribution in [0.1, 0.15) is 50.5 Å². The summed E-state index contributed by atoms with van der Waals surface area (Å²) in [5.41, 5.74) is 2.04. The first kappa shape index (κ1) is 22.9. The molecule has 3 unspecified atom stereocenters. The van der Waals surface area contributed by atoms with Gasteiger partial charge in [0.1, 0.15) is 0 Å². The monoisotopic (exact) mass is 453 g/mol. The lowest BCUT2D eigenvalue weighted by Crippen LogP contribution is -2.36. The number of hydrogen-bond acceptors (Lipinski definition) is 5. The highest BCUT2D eigenvalue weighted by Gasteiger charge is 2.36. The van der Waals surface area contributed by atoms with Gasteiger partial charge in [-0.05, 0) is 88.2 Å². The van der Waals surface area contributed by atoms with E-state index >= 15 is 0 Å². The second kappa shape index (κ2) is 10.6. The molecule has 2 aliphatic rings. The number of aromatic nitrogens is 1. The second-order valence-corrected chi connectivity index (χ2v) is 11.2. The molecule has 2 N–H and O–H groups in total. The van der Waals surface area contributed by atoms with E-state index in [-0.39, 0.29) is 6.10 Å². The Balaban J connectivity index is 1.29. The molecule has 6 heteroatoms. The molecule has 5 nitrogen and oxygen atoms in total. The summed E-state index contributed by atoms with van der Waals surface area (Å²) in [4.78, 5) is 11.1. The Morgan fingerprint density at radius 2 is 1.81 bits per heavy atom. The second-order valence-electron chi connectivity index (χ2n) is 9.00. The van der Waals surface area contributed by atoms with Gasteiger partial charge in [-0.15, -0.1) is 0 Å². The van der Waals surface area contributed by atoms with Gasteiger partial charge in [0.2, 0.25) is 0 Å². The van der Waals surface area contributed by atoms with Crippen molar-refractivity contribution in [3.8, 4) is 0 Å². The largest absolute Gasteiger partial charge is 0.368 e. The minimum Gasteiger partial charge on any atom is -0.368 e. The number of anilines is 1. The number of rotatable bonds is 9. The molecule has 1 heterocycles. The van der Waals surface area contributed by atoms with Crippen LogP contribution in [0.5, 0.6) is 0 Å². The minimum atomic E-state index is -1.98. The van der Waals surface area contributed by atoms with E-state index in [1.54, 1.807) is 6.20 Å². The molecular weight excluding hydrogens is 418 g/mol. The summed E-state index contributed by atoms with van der Waals surface area (Å²) in [6.45, 7) is 4.71. The summed E-state index contributed by atoms with van der Waals surface area (Å²) < 4.78 is 5.92. The lowest BCUT2D eigenvalue weighted by molar-refractivity contribution is -0.260. The van der Waals surface area contributed by atoms with Crippen LogP contribution in [0.3, 0.4) is 0 Å². The van der Waals surface area contributed by atoms with E-state index in [0.29, 0.717) is 12.5 Å². The number of hydrogen-bond donors (Lipinski definition) is 2. The van der Waals surface area contributed by atoms with Crippen LogP contribution >= 0.6 is 9.49 Å². The van der Waals surface area contributed by atoms with Crippen molar-refractivity contribution in [2.75, 3.05) is 5.32 Å². The van der Waals surface area contributed by atoms with Gasteiger partial charge in [-0.25, -0.2) is 4.89 Å². The average Bonchev–Trinajstić information content (AvgIpc) is 2.82. The Bertz CT molecular complexity index is 987. The standard InChI is InChI=1S/C26H35N3O2S/c1-20(28-19-21-8-7-17-27-18-21)29-23-13-15-24(16-14-23)32(2,3)31-30-26-12-6-10-22-9-4-5-11-25(22)26/h7-8,13-18,22,25-26,28-29H,1-6,9-12,19H2. The van der Waals surface area contributed by atoms with Crippen molar-refractivity contribution < 1.29 is 9.22 Å². The first-order chi connectivity index (χ1) is 15.5. The van der Waals surface area contributed by atoms with Gasteiger partial charge in [0.25, 0.3) is 0 Å². The molecule has 32 heavy (non-hydrogen) atoms. The molecule has 2 fully saturated rings. The fourth-order valence-corrected chi connectivity index (χ4v) is 5.84. The molecule has 3 atom stereocenters. The minimum absolute atomic E-state index is 0.180. The smallest absolute Gasteiger partial charge is 0.0972 e. The van der Waals surface area contributed by atoms with Gasteiger partial charge >= 0.3 is 0 Å². The van der Waals surface area contributed by atoms with Gasteiger partial charge in [0.15, 0.2) is 0 Å². The molecule has 0 radical (unpaired) electrons. The van der Waals surface area contributed by atoms with E-state index < -0.39 is 9.49 Å². The maximum atomic E-state index is 6.01. The van der Waals surface area contributed by atoms with Crippen LogP contribution in [0.15, 0.2) is 66.1 Å². The van der Waals surface area contributed by atoms with Gasteiger partial charge in [0.05, 0.1) is 11.9 Å². The Morgan fingerprint density at radius 3 is 2.59 bits per heavy atom. The van der Waals surface area contributed by atoms with Crippen molar-refractivity contribution in [3.05, 3.63) is 66.8 Å². The van der Waals surface area contributed by atoms with E-state index in [2.05, 4.69) is 33.9 Å². The average molecular weight is 454 g/mol. The Kier molecular flexibility index (Phi) is 7.55. The molecule has 2 aromatic rings. The third-order valence-electron chi connectivity index (χ3n) is 6.61. The van der Waals surface area contributed by atoms with E-state index in [0.717, 1.165) is 34.3 Å². The number of pyridine rings is 1. The van der Waals surface area contributed by atoms with Gasteiger partial charge in [-0.2, -0.15) is 4.33 Å². The first-order valence-corrected chi connectivity index (χ1v) is 13.4. The summed E-state index contributed by atoms with van der Waals surface area (Å²) >= 11 is 0. The maximum Gasteiger partial charge on any atom is 0.0972 e. The van der Waals surface area contributed by atoms with Crippen LogP contribution in [-0.2, 0) is 15.8 Å². The predicted octanol–water partition coefficient (Wildman–Crippen LogP) is 6.00. The molecule has 0 amide bonds. The van der Waals surface area contributed by atoms with Crippen LogP contribution in [-0.4, -0.2) is 22.8 Å². The zero-order valence-corrected chi connectivity index (χ0v) is 19.6. The van der Waals surface area contributed by atoms with E-state index in [9.17, 15) is 0 Å². The van der Waals surface area contributed by atoms with E-state index in [1.165, 1.54) is 38.5 Å². The number of nitrogens with one attached hydrogen (secondary N) is 2. The Labute approximate surface area is 192 Å². The fraction of sp³-hybridized carbons (Fsp3) is 0.423. The van der Waals surface area contributed by atoms with Crippen LogP contribution in [0.25, 0.3) is 0 Å². The molecule has 0 saturated heterocycles. The maximum absolute atomic E-state index is 6.01. The van der Waals surface area contributed by atoms with Gasteiger partial charge < -0.3 is 10.6 Å². The third kappa shape index (κ3) is 5.94. The van der Waals surface area contributed by atoms with Gasteiger partial charge in [0, 0.05) is 29.5 Å². The van der Waals surface area contributed by atoms with Gasteiger partial charge in [-0.1, -0.05) is 38.3 Å². The van der Waals surface area contributed by atoms with Crippen LogP contribution in [0.4, 0.5) is 5.69 Å². The summed E-state index contributed by atoms with van der Waals surface area (Å²) in [6.07, 6.45) is 12.7. The molecule has 4 rings (SSSR count). The lowest BCUT2D eigenvalue weighted by atomic mass is 9.69. The zero-order valence-electron chi connectivity index (χ0n) is 18.8. The highest BCUT2D eigenvalue weighted by molar-refractivity contribution is 8.23. The van der Waals surface area contributed by atoms with Crippen molar-refractivity contribution in [1.29, 1.82) is 0 Å². The molecule has 1 aromatic heterocycles. The SMILES string of the molecule is C=C(NCc1cccnc1)Nc1ccc(S(=C)(=C)OOC2CCCC3CCCCC32)cc1. The molecular formula is C26H35N3O2S. The molecule has 172 valence electrons. The normalized spacial score (nSPS) is 23.2. The topological polar surface area (TPSA) is 55.4 Å². The molecule has 2 aliphatic carbocycles. The molecule has 0 spiro atoms. The Morgan fingerprint density at radius 1 is 1.03 bits per heavy atom. The predicted molar refractivity (Wildman–Crippen MR) is 136 cm³/mol. The first-order valence-electron chi connectivity index (χ1n) is 11.5. The summed E-state index contributed by atoms with van der Waals surface area (Å²) in [7, 11) is -1.98. The van der Waals surface area contributed by atoms with Gasteiger partial charge in [-0.3, -0.25) is 4.98 Å². The zero-order chi connectivity index (χ0) is 22.4. The number of benzene rings is 1. The van der Waals surface area contributed by atoms with E-state index in [1.807, 2.05) is 42.6 Å². The lowest BCUT2D eigenvalue weighted by Gasteiger charge is -2.40. The van der Waals surface area contributed by atoms with Crippen LogP contribution in [0.2, 0.25) is 0 Å². The summed E-state index contributed by atoms with van der Waals surface area (Å²) in [5.74, 6) is 10.7. The van der Waals surface area contributed by atoms with Crippen molar-refractivity contribution in [2.24, 2.45) is 11.8 Å². The quantitative estimate of drug-likeness (QED) is 0.277. The highest BCUT2D eigenvalue weighted by Crippen LogP contribution is 2.43. The van der Waals surface area contributed by atoms with Crippen molar-refractivity contribution in [3.63, 3.8) is 0 Å². The number of fused-ring (bicyclic) bond motifs is 1. The fourth-order valence-electron chi connectivity index (χ4n) is 4.88. The summed E-state index contributed by atoms with van der Waals surface area (Å²) in [5, 5.41) is 6.54. The molecule has 0 bridgehead atoms. The molecule has 2 saturated carbocycles. The summed E-state index contributed by atoms with van der Waals surface area (Å²) in [6, 6.07) is 11.9. The molecule has 1 aromatic carbocycles.